The Labute approximate surface area is 70.3 Å². The quantitative estimate of drug-likeness (QED) is 0.538. The largest absolute Gasteiger partial charge is 0.0956 e. The molecule has 0 nitrogen and oxygen atoms in total. The van der Waals surface area contributed by atoms with E-state index in [1.54, 1.807) is 0 Å². The Balaban J connectivity index is 4.19. The van der Waals surface area contributed by atoms with Gasteiger partial charge in [-0.1, -0.05) is 49.8 Å². The fourth-order valence-electron chi connectivity index (χ4n) is 0.770. The predicted molar refractivity (Wildman–Crippen MR) is 52.5 cm³/mol. The van der Waals surface area contributed by atoms with Gasteiger partial charge >= 0.3 is 0 Å². The Morgan fingerprint density at radius 3 is 2.27 bits per heavy atom. The van der Waals surface area contributed by atoms with Crippen molar-refractivity contribution in [3.63, 3.8) is 0 Å². The molecule has 0 N–H and O–H groups in total. The molecule has 0 atom stereocenters. The molecule has 0 aromatic heterocycles. The van der Waals surface area contributed by atoms with Crippen molar-refractivity contribution in [2.75, 3.05) is 0 Å². The number of hydrogen-bond donors (Lipinski definition) is 0. The highest BCUT2D eigenvalue weighted by Crippen LogP contribution is 2.10. The van der Waals surface area contributed by atoms with Crippen LogP contribution in [0.5, 0.6) is 0 Å². The highest BCUT2D eigenvalue weighted by atomic mass is 14.0. The van der Waals surface area contributed by atoms with Crippen LogP contribution in [0.1, 0.15) is 27.7 Å². The predicted octanol–water partition coefficient (Wildman–Crippen LogP) is 3.72. The summed E-state index contributed by atoms with van der Waals surface area (Å²) in [7, 11) is 0. The van der Waals surface area contributed by atoms with Crippen molar-refractivity contribution in [2.24, 2.45) is 5.92 Å². The molecule has 0 heterocycles. The zero-order valence-electron chi connectivity index (χ0n) is 8.02. The molecule has 0 aliphatic heterocycles. The van der Waals surface area contributed by atoms with Crippen LogP contribution in [-0.4, -0.2) is 0 Å². The molecule has 0 saturated carbocycles. The van der Waals surface area contributed by atoms with E-state index in [-0.39, 0.29) is 0 Å². The maximum atomic E-state index is 3.97. The molecule has 0 aliphatic carbocycles. The molecule has 0 rings (SSSR count). The van der Waals surface area contributed by atoms with Crippen LogP contribution < -0.4 is 0 Å². The van der Waals surface area contributed by atoms with Gasteiger partial charge in [-0.05, 0) is 19.8 Å². The van der Waals surface area contributed by atoms with E-state index in [1.165, 1.54) is 11.1 Å². The second kappa shape index (κ2) is 4.95. The van der Waals surface area contributed by atoms with Gasteiger partial charge in [0.05, 0.1) is 0 Å². The first-order valence-electron chi connectivity index (χ1n) is 4.07. The lowest BCUT2D eigenvalue weighted by atomic mass is 10.0. The Kier molecular flexibility index (Phi) is 4.60. The average molecular weight is 150 g/mol. The Bertz CT molecular complexity index is 180. The summed E-state index contributed by atoms with van der Waals surface area (Å²) in [5, 5.41) is 0. The van der Waals surface area contributed by atoms with Crippen molar-refractivity contribution in [2.45, 2.75) is 27.7 Å². The molecule has 0 aromatic carbocycles. The van der Waals surface area contributed by atoms with Crippen LogP contribution in [-0.2, 0) is 0 Å². The van der Waals surface area contributed by atoms with Gasteiger partial charge in [0, 0.05) is 0 Å². The normalized spacial score (nSPS) is 13.0. The van der Waals surface area contributed by atoms with Crippen LogP contribution in [0.25, 0.3) is 0 Å². The number of rotatable bonds is 3. The first kappa shape index (κ1) is 10.2. The van der Waals surface area contributed by atoms with E-state index >= 15 is 0 Å². The summed E-state index contributed by atoms with van der Waals surface area (Å²) < 4.78 is 0. The number of allylic oxidation sites excluding steroid dienone is 5. The summed E-state index contributed by atoms with van der Waals surface area (Å²) in [6, 6.07) is 0. The molecular formula is C11H18. The summed E-state index contributed by atoms with van der Waals surface area (Å²) in [5.41, 5.74) is 2.46. The lowest BCUT2D eigenvalue weighted by Crippen LogP contribution is -1.88. The van der Waals surface area contributed by atoms with Crippen LogP contribution >= 0.6 is 0 Å². The summed E-state index contributed by atoms with van der Waals surface area (Å²) >= 11 is 0. The molecule has 0 bridgehead atoms. The molecule has 0 radical (unpaired) electrons. The molecule has 0 unspecified atom stereocenters. The maximum absolute atomic E-state index is 3.97. The smallest absolute Gasteiger partial charge is 0.0225 e. The number of hydrogen-bond acceptors (Lipinski definition) is 0. The molecular weight excluding hydrogens is 132 g/mol. The molecule has 0 amide bonds. The van der Waals surface area contributed by atoms with E-state index in [1.807, 2.05) is 13.0 Å². The highest BCUT2D eigenvalue weighted by Gasteiger charge is 1.94. The molecule has 62 valence electrons. The average Bonchev–Trinajstić information content (AvgIpc) is 1.87. The Morgan fingerprint density at radius 2 is 1.91 bits per heavy atom. The first-order chi connectivity index (χ1) is 5.07. The van der Waals surface area contributed by atoms with Crippen molar-refractivity contribution in [3.8, 4) is 0 Å². The molecule has 0 heteroatoms. The van der Waals surface area contributed by atoms with Gasteiger partial charge in [-0.25, -0.2) is 0 Å². The summed E-state index contributed by atoms with van der Waals surface area (Å²) in [6.07, 6.45) is 6.26. The fourth-order valence-corrected chi connectivity index (χ4v) is 0.770. The first-order valence-corrected chi connectivity index (χ1v) is 4.07. The molecule has 0 aromatic rings. The topological polar surface area (TPSA) is 0 Å². The van der Waals surface area contributed by atoms with Crippen LogP contribution in [0.4, 0.5) is 0 Å². The Hall–Kier alpha value is -0.780. The minimum Gasteiger partial charge on any atom is -0.0956 e. The van der Waals surface area contributed by atoms with E-state index in [0.29, 0.717) is 5.92 Å². The van der Waals surface area contributed by atoms with Gasteiger partial charge in [0.15, 0.2) is 0 Å². The molecule has 0 saturated heterocycles. The summed E-state index contributed by atoms with van der Waals surface area (Å²) in [6.45, 7) is 12.4. The highest BCUT2D eigenvalue weighted by molar-refractivity contribution is 5.27. The molecule has 0 aliphatic rings. The SMILES string of the molecule is C=C(/C=C(C)\C=C/C)C(C)C. The van der Waals surface area contributed by atoms with Crippen molar-refractivity contribution in [3.05, 3.63) is 36.0 Å². The lowest BCUT2D eigenvalue weighted by Gasteiger charge is -2.03. The second-order valence-corrected chi connectivity index (χ2v) is 3.12. The van der Waals surface area contributed by atoms with Crippen LogP contribution in [0.2, 0.25) is 0 Å². The molecule has 0 spiro atoms. The minimum absolute atomic E-state index is 0.551. The zero-order chi connectivity index (χ0) is 8.85. The van der Waals surface area contributed by atoms with E-state index in [0.717, 1.165) is 0 Å². The van der Waals surface area contributed by atoms with Gasteiger partial charge in [-0.3, -0.25) is 0 Å². The maximum Gasteiger partial charge on any atom is -0.0225 e. The fraction of sp³-hybridized carbons (Fsp3) is 0.455. The van der Waals surface area contributed by atoms with Gasteiger partial charge in [-0.2, -0.15) is 0 Å². The minimum atomic E-state index is 0.551. The lowest BCUT2D eigenvalue weighted by molar-refractivity contribution is 0.794. The van der Waals surface area contributed by atoms with E-state index in [4.69, 9.17) is 0 Å². The van der Waals surface area contributed by atoms with Crippen LogP contribution in [0.15, 0.2) is 36.0 Å². The van der Waals surface area contributed by atoms with Crippen molar-refractivity contribution in [1.29, 1.82) is 0 Å². The summed E-state index contributed by atoms with van der Waals surface area (Å²) in [5.74, 6) is 0.551. The molecule has 0 fully saturated rings. The van der Waals surface area contributed by atoms with Crippen LogP contribution in [0.3, 0.4) is 0 Å². The van der Waals surface area contributed by atoms with Crippen molar-refractivity contribution in [1.82, 2.24) is 0 Å². The zero-order valence-corrected chi connectivity index (χ0v) is 8.02. The monoisotopic (exact) mass is 150 g/mol. The van der Waals surface area contributed by atoms with Gasteiger partial charge in [0.2, 0.25) is 0 Å². The van der Waals surface area contributed by atoms with Crippen LogP contribution in [0, 0.1) is 5.92 Å². The molecule has 11 heavy (non-hydrogen) atoms. The third-order valence-electron chi connectivity index (χ3n) is 1.58. The third-order valence-corrected chi connectivity index (χ3v) is 1.58. The standard InChI is InChI=1S/C11H18/c1-6-7-10(4)8-11(5)9(2)3/h6-9H,5H2,1-4H3/b7-6-,10-8-. The van der Waals surface area contributed by atoms with Gasteiger partial charge in [-0.15, -0.1) is 0 Å². The summed E-state index contributed by atoms with van der Waals surface area (Å²) in [4.78, 5) is 0. The van der Waals surface area contributed by atoms with Crippen molar-refractivity contribution >= 4 is 0 Å². The van der Waals surface area contributed by atoms with E-state index < -0.39 is 0 Å². The second-order valence-electron chi connectivity index (χ2n) is 3.12. The third kappa shape index (κ3) is 4.60. The van der Waals surface area contributed by atoms with Gasteiger partial charge in [0.1, 0.15) is 0 Å². The van der Waals surface area contributed by atoms with E-state index in [2.05, 4.69) is 39.5 Å². The van der Waals surface area contributed by atoms with Crippen molar-refractivity contribution < 1.29 is 0 Å². The Morgan fingerprint density at radius 1 is 1.36 bits per heavy atom. The van der Waals surface area contributed by atoms with Gasteiger partial charge < -0.3 is 0 Å². The van der Waals surface area contributed by atoms with E-state index in [9.17, 15) is 0 Å². The van der Waals surface area contributed by atoms with Gasteiger partial charge in [0.25, 0.3) is 0 Å².